The van der Waals surface area contributed by atoms with Gasteiger partial charge in [-0.3, -0.25) is 9.10 Å². The predicted octanol–water partition coefficient (Wildman–Crippen LogP) is 2.35. The van der Waals surface area contributed by atoms with Crippen molar-refractivity contribution in [2.45, 2.75) is 6.42 Å². The Morgan fingerprint density at radius 2 is 1.92 bits per heavy atom. The first kappa shape index (κ1) is 16.0. The smallest absolute Gasteiger partial charge is 0.255 e. The summed E-state index contributed by atoms with van der Waals surface area (Å²) in [7, 11) is -3.23. The molecule has 1 amide bonds. The van der Waals surface area contributed by atoms with Crippen molar-refractivity contribution in [1.82, 2.24) is 0 Å². The Hall–Kier alpha value is -2.85. The number of nitrogens with one attached hydrogen (secondary N) is 1. The van der Waals surface area contributed by atoms with E-state index in [1.54, 1.807) is 48.5 Å². The zero-order valence-corrected chi connectivity index (χ0v) is 13.6. The van der Waals surface area contributed by atoms with Gasteiger partial charge in [0.2, 0.25) is 10.0 Å². The molecule has 24 heavy (non-hydrogen) atoms. The zero-order valence-electron chi connectivity index (χ0n) is 12.8. The molecule has 0 aliphatic carbocycles. The van der Waals surface area contributed by atoms with E-state index in [1.165, 1.54) is 4.31 Å². The molecule has 0 saturated carbocycles. The van der Waals surface area contributed by atoms with Crippen molar-refractivity contribution in [3.05, 3.63) is 59.7 Å². The summed E-state index contributed by atoms with van der Waals surface area (Å²) in [6, 6.07) is 15.1. The van der Waals surface area contributed by atoms with Gasteiger partial charge in [-0.2, -0.15) is 5.26 Å². The van der Waals surface area contributed by atoms with Gasteiger partial charge < -0.3 is 5.32 Å². The highest BCUT2D eigenvalue weighted by Gasteiger charge is 2.28. The number of anilines is 2. The van der Waals surface area contributed by atoms with Crippen molar-refractivity contribution in [3.63, 3.8) is 0 Å². The number of hydrogen-bond donors (Lipinski definition) is 1. The van der Waals surface area contributed by atoms with E-state index < -0.39 is 10.0 Å². The fourth-order valence-electron chi connectivity index (χ4n) is 2.58. The minimum absolute atomic E-state index is 0.157. The minimum atomic E-state index is -3.23. The standard InChI is InChI=1S/C17H15N3O3S/c18-12-13-3-1-4-15(11-13)19-17(21)14-5-7-16(8-6-14)20-9-2-10-24(20,22)23/h1,3-8,11H,2,9-10H2,(H,19,21). The van der Waals surface area contributed by atoms with E-state index in [0.717, 1.165) is 0 Å². The van der Waals surface area contributed by atoms with Gasteiger partial charge in [-0.25, -0.2) is 8.42 Å². The quantitative estimate of drug-likeness (QED) is 0.928. The monoisotopic (exact) mass is 341 g/mol. The summed E-state index contributed by atoms with van der Waals surface area (Å²) in [6.45, 7) is 0.467. The first-order valence-electron chi connectivity index (χ1n) is 7.41. The number of rotatable bonds is 3. The number of amides is 1. The third-order valence-electron chi connectivity index (χ3n) is 3.77. The molecule has 1 saturated heterocycles. The molecule has 6 nitrogen and oxygen atoms in total. The second kappa shape index (κ2) is 6.34. The third kappa shape index (κ3) is 3.24. The molecule has 0 aromatic heterocycles. The number of carbonyl (C=O) groups excluding carboxylic acids is 1. The normalized spacial score (nSPS) is 15.7. The van der Waals surface area contributed by atoms with Gasteiger partial charge in [-0.1, -0.05) is 6.07 Å². The molecule has 1 fully saturated rings. The van der Waals surface area contributed by atoms with Gasteiger partial charge in [0, 0.05) is 17.8 Å². The predicted molar refractivity (Wildman–Crippen MR) is 91.3 cm³/mol. The maximum Gasteiger partial charge on any atom is 0.255 e. The number of carbonyl (C=O) groups is 1. The van der Waals surface area contributed by atoms with Crippen LogP contribution in [0.4, 0.5) is 11.4 Å². The summed E-state index contributed by atoms with van der Waals surface area (Å²) in [5.41, 5.74) is 1.97. The van der Waals surface area contributed by atoms with E-state index in [-0.39, 0.29) is 11.7 Å². The van der Waals surface area contributed by atoms with Crippen LogP contribution in [0.5, 0.6) is 0 Å². The summed E-state index contributed by atoms with van der Waals surface area (Å²) in [4.78, 5) is 12.2. The summed E-state index contributed by atoms with van der Waals surface area (Å²) < 4.78 is 25.2. The van der Waals surface area contributed by atoms with Crippen molar-refractivity contribution in [2.24, 2.45) is 0 Å². The minimum Gasteiger partial charge on any atom is -0.322 e. The number of hydrogen-bond acceptors (Lipinski definition) is 4. The van der Waals surface area contributed by atoms with E-state index in [0.29, 0.717) is 35.5 Å². The molecule has 0 spiro atoms. The van der Waals surface area contributed by atoms with Crippen LogP contribution >= 0.6 is 0 Å². The average molecular weight is 341 g/mol. The second-order valence-corrected chi connectivity index (χ2v) is 7.45. The van der Waals surface area contributed by atoms with Crippen LogP contribution in [0.25, 0.3) is 0 Å². The molecule has 122 valence electrons. The van der Waals surface area contributed by atoms with Gasteiger partial charge in [0.1, 0.15) is 0 Å². The fourth-order valence-corrected chi connectivity index (χ4v) is 4.14. The molecule has 0 bridgehead atoms. The lowest BCUT2D eigenvalue weighted by atomic mass is 10.1. The van der Waals surface area contributed by atoms with Crippen molar-refractivity contribution >= 4 is 27.3 Å². The van der Waals surface area contributed by atoms with E-state index >= 15 is 0 Å². The van der Waals surface area contributed by atoms with Gasteiger partial charge >= 0.3 is 0 Å². The number of sulfonamides is 1. The van der Waals surface area contributed by atoms with Gasteiger partial charge in [0.05, 0.1) is 23.1 Å². The molecule has 3 rings (SSSR count). The maximum absolute atomic E-state index is 12.2. The molecule has 2 aromatic rings. The number of benzene rings is 2. The first-order chi connectivity index (χ1) is 11.5. The van der Waals surface area contributed by atoms with Gasteiger partial charge in [-0.05, 0) is 48.9 Å². The van der Waals surface area contributed by atoms with Crippen molar-refractivity contribution in [2.75, 3.05) is 21.9 Å². The van der Waals surface area contributed by atoms with Gasteiger partial charge in [0.15, 0.2) is 0 Å². The van der Waals surface area contributed by atoms with E-state index in [9.17, 15) is 13.2 Å². The summed E-state index contributed by atoms with van der Waals surface area (Å²) in [5.74, 6) is -0.161. The van der Waals surface area contributed by atoms with Crippen LogP contribution in [0.15, 0.2) is 48.5 Å². The molecule has 0 atom stereocenters. The van der Waals surface area contributed by atoms with Crippen LogP contribution in [-0.2, 0) is 10.0 Å². The zero-order chi connectivity index (χ0) is 17.2. The lowest BCUT2D eigenvalue weighted by Crippen LogP contribution is -2.25. The van der Waals surface area contributed by atoms with Crippen molar-refractivity contribution in [1.29, 1.82) is 5.26 Å². The Labute approximate surface area is 140 Å². The molecule has 1 N–H and O–H groups in total. The van der Waals surface area contributed by atoms with Crippen molar-refractivity contribution < 1.29 is 13.2 Å². The van der Waals surface area contributed by atoms with Gasteiger partial charge in [-0.15, -0.1) is 0 Å². The third-order valence-corrected chi connectivity index (χ3v) is 5.64. The molecule has 0 radical (unpaired) electrons. The van der Waals surface area contributed by atoms with Gasteiger partial charge in [0.25, 0.3) is 5.91 Å². The van der Waals surface area contributed by atoms with Crippen LogP contribution < -0.4 is 9.62 Å². The molecule has 1 aliphatic rings. The van der Waals surface area contributed by atoms with Crippen LogP contribution in [-0.4, -0.2) is 26.6 Å². The SMILES string of the molecule is N#Cc1cccc(NC(=O)c2ccc(N3CCCS3(=O)=O)cc2)c1. The Balaban J connectivity index is 1.76. The molecule has 2 aromatic carbocycles. The van der Waals surface area contributed by atoms with Crippen LogP contribution in [0, 0.1) is 11.3 Å². The average Bonchev–Trinajstić information content (AvgIpc) is 2.94. The largest absolute Gasteiger partial charge is 0.322 e. The first-order valence-corrected chi connectivity index (χ1v) is 9.02. The highest BCUT2D eigenvalue weighted by Crippen LogP contribution is 2.24. The van der Waals surface area contributed by atoms with E-state index in [1.807, 2.05) is 6.07 Å². The molecule has 1 aliphatic heterocycles. The second-order valence-electron chi connectivity index (χ2n) is 5.44. The Morgan fingerprint density at radius 1 is 1.17 bits per heavy atom. The highest BCUT2D eigenvalue weighted by molar-refractivity contribution is 7.93. The number of nitrogens with zero attached hydrogens (tertiary/aromatic N) is 2. The fraction of sp³-hybridized carbons (Fsp3) is 0.176. The molecular formula is C17H15N3O3S. The molecule has 1 heterocycles. The molecule has 7 heteroatoms. The van der Waals surface area contributed by atoms with E-state index in [2.05, 4.69) is 5.32 Å². The summed E-state index contributed by atoms with van der Waals surface area (Å²) in [5, 5.41) is 11.6. The van der Waals surface area contributed by atoms with Crippen molar-refractivity contribution in [3.8, 4) is 6.07 Å². The maximum atomic E-state index is 12.2. The lowest BCUT2D eigenvalue weighted by molar-refractivity contribution is 0.102. The number of nitriles is 1. The van der Waals surface area contributed by atoms with Crippen LogP contribution in [0.3, 0.4) is 0 Å². The topological polar surface area (TPSA) is 90.3 Å². The van der Waals surface area contributed by atoms with Crippen LogP contribution in [0.1, 0.15) is 22.3 Å². The van der Waals surface area contributed by atoms with E-state index in [4.69, 9.17) is 5.26 Å². The summed E-state index contributed by atoms with van der Waals surface area (Å²) >= 11 is 0. The molecular weight excluding hydrogens is 326 g/mol. The Bertz CT molecular complexity index is 915. The lowest BCUT2D eigenvalue weighted by Gasteiger charge is -2.17. The van der Waals surface area contributed by atoms with Crippen LogP contribution in [0.2, 0.25) is 0 Å². The Morgan fingerprint density at radius 3 is 2.54 bits per heavy atom. The summed E-state index contributed by atoms with van der Waals surface area (Å²) in [6.07, 6.45) is 0.611. The Kier molecular flexibility index (Phi) is 4.23. The molecule has 0 unspecified atom stereocenters. The highest BCUT2D eigenvalue weighted by atomic mass is 32.2.